The molecule has 1 nitrogen and oxygen atoms in total. The van der Waals surface area contributed by atoms with Crippen LogP contribution in [0.1, 0.15) is 13.8 Å². The molecule has 0 atom stereocenters. The molecule has 0 aromatic carbocycles. The van der Waals surface area contributed by atoms with Gasteiger partial charge < -0.3 is 4.74 Å². The molecule has 0 saturated heterocycles. The molecule has 0 rings (SSSR count). The minimum Gasteiger partial charge on any atom is -0.378 e. The van der Waals surface area contributed by atoms with E-state index in [9.17, 15) is 0 Å². The molecule has 0 aliphatic carbocycles. The van der Waals surface area contributed by atoms with Crippen LogP contribution in [-0.2, 0) is 4.74 Å². The largest absolute Gasteiger partial charge is 0.501 e. The summed E-state index contributed by atoms with van der Waals surface area (Å²) in [6.07, 6.45) is 2.14. The van der Waals surface area contributed by atoms with Gasteiger partial charge in [-0.1, -0.05) is 13.0 Å². The Morgan fingerprint density at radius 2 is 2.44 bits per heavy atom. The minimum atomic E-state index is -0.0960. The van der Waals surface area contributed by atoms with Gasteiger partial charge in [-0.3, -0.25) is 12.9 Å². The van der Waals surface area contributed by atoms with Crippen molar-refractivity contribution in [2.24, 2.45) is 0 Å². The standard InChI is InChI=1S/C6H11O.BrH.Mg/c1-3-5-6-7-4-2;;/h5H,4,6H2,1-2H3;1H;/q;;+1/p-1. The molecule has 0 bridgehead atoms. The normalized spacial score (nSPS) is 11.2. The first-order chi connectivity index (χ1) is 4.31. The lowest BCUT2D eigenvalue weighted by Gasteiger charge is -1.95. The molecule has 3 heteroatoms. The molecule has 0 unspecified atom stereocenters. The lowest BCUT2D eigenvalue weighted by atomic mass is 10.5. The minimum absolute atomic E-state index is 0.0960. The van der Waals surface area contributed by atoms with Gasteiger partial charge in [-0.05, 0) is 6.92 Å². The van der Waals surface area contributed by atoms with E-state index in [0.29, 0.717) is 0 Å². The van der Waals surface area contributed by atoms with Crippen molar-refractivity contribution in [3.63, 3.8) is 0 Å². The highest BCUT2D eigenvalue weighted by Gasteiger charge is 1.88. The molecule has 0 N–H and O–H groups in total. The SMILES string of the molecule is CCOCC=[C](C)[Mg][Br]. The van der Waals surface area contributed by atoms with E-state index >= 15 is 0 Å². The topological polar surface area (TPSA) is 9.23 Å². The predicted octanol–water partition coefficient (Wildman–Crippen LogP) is 1.94. The fraction of sp³-hybridized carbons (Fsp3) is 0.667. The third-order valence-electron chi connectivity index (χ3n) is 0.965. The van der Waals surface area contributed by atoms with Gasteiger partial charge in [0.05, 0.1) is 6.61 Å². The van der Waals surface area contributed by atoms with Crippen LogP contribution in [0.25, 0.3) is 0 Å². The van der Waals surface area contributed by atoms with Gasteiger partial charge in [-0.25, -0.2) is 0 Å². The predicted molar refractivity (Wildman–Crippen MR) is 44.9 cm³/mol. The number of ether oxygens (including phenoxy) is 1. The van der Waals surface area contributed by atoms with E-state index in [1.54, 1.807) is 0 Å². The Morgan fingerprint density at radius 3 is 2.89 bits per heavy atom. The first kappa shape index (κ1) is 9.95. The smallest absolute Gasteiger partial charge is 0.378 e. The van der Waals surface area contributed by atoms with Crippen molar-refractivity contribution in [3.05, 3.63) is 9.78 Å². The molecule has 0 saturated carbocycles. The van der Waals surface area contributed by atoms with E-state index in [1.165, 1.54) is 3.70 Å². The summed E-state index contributed by atoms with van der Waals surface area (Å²) in [5.74, 6) is 0. The van der Waals surface area contributed by atoms with Crippen molar-refractivity contribution < 1.29 is 4.74 Å². The van der Waals surface area contributed by atoms with Gasteiger partial charge in [0.1, 0.15) is 0 Å². The van der Waals surface area contributed by atoms with Gasteiger partial charge in [0.25, 0.3) is 0 Å². The first-order valence-corrected chi connectivity index (χ1v) is 7.71. The van der Waals surface area contributed by atoms with E-state index in [0.717, 1.165) is 13.2 Å². The molecule has 0 aliphatic rings. The van der Waals surface area contributed by atoms with Gasteiger partial charge in [-0.15, -0.1) is 0 Å². The van der Waals surface area contributed by atoms with Crippen LogP contribution in [0.4, 0.5) is 0 Å². The van der Waals surface area contributed by atoms with Crippen LogP contribution in [0.3, 0.4) is 0 Å². The van der Waals surface area contributed by atoms with Crippen LogP contribution >= 0.6 is 12.9 Å². The highest BCUT2D eigenvalue weighted by molar-refractivity contribution is 9.23. The van der Waals surface area contributed by atoms with Crippen LogP contribution in [0, 0.1) is 0 Å². The van der Waals surface area contributed by atoms with Crippen LogP contribution in [0.15, 0.2) is 9.78 Å². The summed E-state index contributed by atoms with van der Waals surface area (Å²) in [6, 6.07) is 0. The molecular weight excluding hydrogens is 192 g/mol. The van der Waals surface area contributed by atoms with Crippen molar-refractivity contribution in [1.82, 2.24) is 0 Å². The molecule has 0 radical (unpaired) electrons. The Balaban J connectivity index is 3.21. The lowest BCUT2D eigenvalue weighted by Crippen LogP contribution is -1.91. The quantitative estimate of drug-likeness (QED) is 0.501. The van der Waals surface area contributed by atoms with Crippen molar-refractivity contribution >= 4 is 31.1 Å². The average Bonchev–Trinajstić information content (AvgIpc) is 1.89. The highest BCUT2D eigenvalue weighted by Crippen LogP contribution is 1.93. The van der Waals surface area contributed by atoms with Crippen LogP contribution < -0.4 is 0 Å². The van der Waals surface area contributed by atoms with Crippen LogP contribution in [-0.4, -0.2) is 31.4 Å². The number of rotatable bonds is 4. The molecule has 9 heavy (non-hydrogen) atoms. The maximum atomic E-state index is 5.13. The maximum Gasteiger partial charge on any atom is 0.501 e. The number of halogens is 1. The second-order valence-corrected chi connectivity index (χ2v) is 4.91. The Kier molecular flexibility index (Phi) is 7.80. The summed E-state index contributed by atoms with van der Waals surface area (Å²) in [5.41, 5.74) is 0. The molecule has 0 amide bonds. The van der Waals surface area contributed by atoms with Gasteiger partial charge in [0.2, 0.25) is 0 Å². The molecule has 50 valence electrons. The second kappa shape index (κ2) is 7.06. The first-order valence-electron chi connectivity index (χ1n) is 3.10. The van der Waals surface area contributed by atoms with Gasteiger partial charge >= 0.3 is 18.2 Å². The Labute approximate surface area is 72.4 Å². The van der Waals surface area contributed by atoms with E-state index < -0.39 is 0 Å². The van der Waals surface area contributed by atoms with Gasteiger partial charge in [0.15, 0.2) is 0 Å². The Morgan fingerprint density at radius 1 is 1.78 bits per heavy atom. The summed E-state index contributed by atoms with van der Waals surface area (Å²) in [4.78, 5) is 0. The summed E-state index contributed by atoms with van der Waals surface area (Å²) in [7, 11) is 0. The van der Waals surface area contributed by atoms with Gasteiger partial charge in [-0.2, -0.15) is 3.70 Å². The molecule has 0 heterocycles. The van der Waals surface area contributed by atoms with E-state index in [4.69, 9.17) is 4.74 Å². The summed E-state index contributed by atoms with van der Waals surface area (Å²) in [5, 5.41) is 0. The molecule has 0 spiro atoms. The second-order valence-electron chi connectivity index (χ2n) is 1.84. The van der Waals surface area contributed by atoms with E-state index in [1.807, 2.05) is 6.92 Å². The van der Waals surface area contributed by atoms with E-state index in [-0.39, 0.29) is 18.2 Å². The fourth-order valence-electron chi connectivity index (χ4n) is 0.374. The van der Waals surface area contributed by atoms with Crippen LogP contribution in [0.2, 0.25) is 0 Å². The van der Waals surface area contributed by atoms with Crippen molar-refractivity contribution in [2.45, 2.75) is 13.8 Å². The van der Waals surface area contributed by atoms with E-state index in [2.05, 4.69) is 25.9 Å². The van der Waals surface area contributed by atoms with Crippen molar-refractivity contribution in [2.75, 3.05) is 13.2 Å². The molecule has 0 aromatic heterocycles. The Hall–Kier alpha value is 0.946. The van der Waals surface area contributed by atoms with Crippen LogP contribution in [0.5, 0.6) is 0 Å². The van der Waals surface area contributed by atoms with Crippen molar-refractivity contribution in [1.29, 1.82) is 0 Å². The number of hydrogen-bond acceptors (Lipinski definition) is 1. The molecule has 0 aromatic rings. The maximum absolute atomic E-state index is 5.13. The summed E-state index contributed by atoms with van der Waals surface area (Å²) in [6.45, 7) is 5.74. The monoisotopic (exact) mass is 202 g/mol. The Bertz CT molecular complexity index is 93.1. The summed E-state index contributed by atoms with van der Waals surface area (Å²) < 4.78 is 6.59. The zero-order valence-electron chi connectivity index (χ0n) is 5.98. The highest BCUT2D eigenvalue weighted by atomic mass is 79.9. The van der Waals surface area contributed by atoms with Gasteiger partial charge in [0, 0.05) is 6.61 Å². The molecular formula is C6H11BrMgO. The molecule has 0 fully saturated rings. The third kappa shape index (κ3) is 6.84. The zero-order valence-corrected chi connectivity index (χ0v) is 8.99. The third-order valence-corrected chi connectivity index (χ3v) is 4.33. The lowest BCUT2D eigenvalue weighted by molar-refractivity contribution is 0.177. The number of allylic oxidation sites excluding steroid dienone is 1. The number of hydrogen-bond donors (Lipinski definition) is 0. The fourth-order valence-corrected chi connectivity index (χ4v) is 1.29. The van der Waals surface area contributed by atoms with Crippen molar-refractivity contribution in [3.8, 4) is 0 Å². The average molecular weight is 203 g/mol. The summed E-state index contributed by atoms with van der Waals surface area (Å²) >= 11 is 3.39. The molecule has 0 aliphatic heterocycles. The zero-order chi connectivity index (χ0) is 7.11.